The molecule has 1 amide bonds. The molecule has 0 aliphatic heterocycles. The molecule has 7 nitrogen and oxygen atoms in total. The van der Waals surface area contributed by atoms with Crippen LogP contribution < -0.4 is 4.74 Å². The number of carbonyl (C=O) groups is 1. The van der Waals surface area contributed by atoms with Gasteiger partial charge in [-0.05, 0) is 58.7 Å². The summed E-state index contributed by atoms with van der Waals surface area (Å²) in [6.45, 7) is 13.4. The molecular formula is C23H30N4O3. The summed E-state index contributed by atoms with van der Waals surface area (Å²) in [5, 5.41) is 8.57. The van der Waals surface area contributed by atoms with Crippen molar-refractivity contribution in [3.8, 4) is 5.75 Å². The highest BCUT2D eigenvalue weighted by Crippen LogP contribution is 2.24. The van der Waals surface area contributed by atoms with Gasteiger partial charge < -0.3 is 14.2 Å². The first-order valence-electron chi connectivity index (χ1n) is 10.2. The van der Waals surface area contributed by atoms with Crippen LogP contribution in [-0.2, 0) is 19.7 Å². The van der Waals surface area contributed by atoms with Crippen molar-refractivity contribution in [3.63, 3.8) is 0 Å². The van der Waals surface area contributed by atoms with Crippen molar-refractivity contribution in [1.82, 2.24) is 19.8 Å². The van der Waals surface area contributed by atoms with Crippen molar-refractivity contribution in [2.24, 2.45) is 0 Å². The predicted octanol–water partition coefficient (Wildman–Crippen LogP) is 4.28. The maximum absolute atomic E-state index is 13.1. The number of benzene rings is 1. The van der Waals surface area contributed by atoms with E-state index in [-0.39, 0.29) is 12.5 Å². The first kappa shape index (κ1) is 21.6. The molecule has 0 unspecified atom stereocenters. The molecule has 0 fully saturated rings. The zero-order valence-electron chi connectivity index (χ0n) is 18.9. The molecule has 3 aromatic rings. The number of aryl methyl sites for hydroxylation is 4. The second kappa shape index (κ2) is 8.73. The lowest BCUT2D eigenvalue weighted by Crippen LogP contribution is -2.28. The van der Waals surface area contributed by atoms with E-state index in [2.05, 4.69) is 17.2 Å². The van der Waals surface area contributed by atoms with Gasteiger partial charge in [-0.3, -0.25) is 9.48 Å². The van der Waals surface area contributed by atoms with Crippen LogP contribution >= 0.6 is 0 Å². The second-order valence-electron chi connectivity index (χ2n) is 7.68. The highest BCUT2D eigenvalue weighted by atomic mass is 16.5. The number of aromatic nitrogens is 3. The Morgan fingerprint density at radius 3 is 2.57 bits per heavy atom. The lowest BCUT2D eigenvalue weighted by atomic mass is 10.1. The Balaban J connectivity index is 1.78. The highest BCUT2D eigenvalue weighted by Gasteiger charge is 2.25. The molecule has 3 rings (SSSR count). The van der Waals surface area contributed by atoms with Crippen molar-refractivity contribution in [2.45, 2.75) is 61.2 Å². The Morgan fingerprint density at radius 2 is 1.90 bits per heavy atom. The van der Waals surface area contributed by atoms with Crippen molar-refractivity contribution < 1.29 is 14.1 Å². The van der Waals surface area contributed by atoms with Gasteiger partial charge in [0.25, 0.3) is 5.91 Å². The van der Waals surface area contributed by atoms with Crippen LogP contribution in [0.2, 0.25) is 0 Å². The smallest absolute Gasteiger partial charge is 0.276 e. The summed E-state index contributed by atoms with van der Waals surface area (Å²) in [6, 6.07) is 5.93. The number of nitrogens with zero attached hydrogens (tertiary/aromatic N) is 4. The summed E-state index contributed by atoms with van der Waals surface area (Å²) < 4.78 is 13.3. The van der Waals surface area contributed by atoms with Crippen LogP contribution in [0.15, 0.2) is 22.7 Å². The molecule has 2 heterocycles. The third-order valence-corrected chi connectivity index (χ3v) is 5.69. The average molecular weight is 411 g/mol. The molecule has 7 heteroatoms. The molecule has 0 aliphatic rings. The van der Waals surface area contributed by atoms with Gasteiger partial charge in [0.15, 0.2) is 5.69 Å². The van der Waals surface area contributed by atoms with Crippen molar-refractivity contribution >= 4 is 5.91 Å². The molecule has 30 heavy (non-hydrogen) atoms. The van der Waals surface area contributed by atoms with E-state index in [9.17, 15) is 4.79 Å². The number of ether oxygens (including phenoxy) is 1. The van der Waals surface area contributed by atoms with E-state index in [1.54, 1.807) is 18.9 Å². The van der Waals surface area contributed by atoms with E-state index in [0.717, 1.165) is 40.4 Å². The lowest BCUT2D eigenvalue weighted by molar-refractivity contribution is 0.0772. The largest absolute Gasteiger partial charge is 0.488 e. The summed E-state index contributed by atoms with van der Waals surface area (Å²) in [5.41, 5.74) is 6.26. The van der Waals surface area contributed by atoms with E-state index in [1.165, 1.54) is 0 Å². The Bertz CT molecular complexity index is 1060. The van der Waals surface area contributed by atoms with E-state index >= 15 is 0 Å². The minimum absolute atomic E-state index is 0.200. The molecule has 0 spiro atoms. The molecular weight excluding hydrogens is 380 g/mol. The number of carbonyl (C=O) groups excluding carboxylic acids is 1. The van der Waals surface area contributed by atoms with Crippen LogP contribution in [0.4, 0.5) is 0 Å². The van der Waals surface area contributed by atoms with Gasteiger partial charge in [0.2, 0.25) is 0 Å². The van der Waals surface area contributed by atoms with Gasteiger partial charge in [-0.25, -0.2) is 0 Å². The van der Waals surface area contributed by atoms with Crippen molar-refractivity contribution in [1.29, 1.82) is 0 Å². The highest BCUT2D eigenvalue weighted by molar-refractivity contribution is 5.93. The zero-order valence-corrected chi connectivity index (χ0v) is 18.9. The van der Waals surface area contributed by atoms with E-state index in [0.29, 0.717) is 23.6 Å². The van der Waals surface area contributed by atoms with Gasteiger partial charge in [0.1, 0.15) is 18.1 Å². The second-order valence-corrected chi connectivity index (χ2v) is 7.68. The van der Waals surface area contributed by atoms with Crippen LogP contribution in [0.3, 0.4) is 0 Å². The fourth-order valence-corrected chi connectivity index (χ4v) is 3.52. The van der Waals surface area contributed by atoms with Gasteiger partial charge in [-0.2, -0.15) is 5.10 Å². The van der Waals surface area contributed by atoms with Crippen molar-refractivity contribution in [3.05, 3.63) is 63.3 Å². The van der Waals surface area contributed by atoms with E-state index < -0.39 is 0 Å². The van der Waals surface area contributed by atoms with Crippen LogP contribution in [-0.4, -0.2) is 32.8 Å². The van der Waals surface area contributed by atoms with E-state index in [1.807, 2.05) is 50.6 Å². The molecule has 2 aromatic heterocycles. The maximum atomic E-state index is 13.1. The lowest BCUT2D eigenvalue weighted by Gasteiger charge is -2.17. The van der Waals surface area contributed by atoms with Crippen LogP contribution in [0.25, 0.3) is 0 Å². The Kier molecular flexibility index (Phi) is 6.29. The Labute approximate surface area is 177 Å². The third kappa shape index (κ3) is 4.10. The van der Waals surface area contributed by atoms with Gasteiger partial charge >= 0.3 is 0 Å². The standard InChI is InChI=1S/C23H30N4O3/c1-8-27-17(5)19(16(4)24-27)12-26(7)23(28)22-20(18(6)30-25-22)13-29-21-11-9-10-14(2)15(21)3/h9-11H,8,12-13H2,1-7H3. The van der Waals surface area contributed by atoms with Crippen LogP contribution in [0.1, 0.15) is 56.8 Å². The number of rotatable bonds is 7. The maximum Gasteiger partial charge on any atom is 0.276 e. The summed E-state index contributed by atoms with van der Waals surface area (Å²) in [4.78, 5) is 14.8. The quantitative estimate of drug-likeness (QED) is 0.581. The zero-order chi connectivity index (χ0) is 22.0. The molecule has 0 bridgehead atoms. The van der Waals surface area contributed by atoms with E-state index in [4.69, 9.17) is 9.26 Å². The first-order valence-corrected chi connectivity index (χ1v) is 10.2. The average Bonchev–Trinajstić information content (AvgIpc) is 3.22. The molecule has 0 N–H and O–H groups in total. The normalized spacial score (nSPS) is 11.0. The summed E-state index contributed by atoms with van der Waals surface area (Å²) in [6.07, 6.45) is 0. The summed E-state index contributed by atoms with van der Waals surface area (Å²) >= 11 is 0. The van der Waals surface area contributed by atoms with Crippen LogP contribution in [0, 0.1) is 34.6 Å². The fourth-order valence-electron chi connectivity index (χ4n) is 3.52. The molecule has 160 valence electrons. The number of hydrogen-bond acceptors (Lipinski definition) is 5. The van der Waals surface area contributed by atoms with Gasteiger partial charge in [-0.15, -0.1) is 0 Å². The molecule has 0 atom stereocenters. The summed E-state index contributed by atoms with van der Waals surface area (Å²) in [7, 11) is 1.77. The SMILES string of the molecule is CCn1nc(C)c(CN(C)C(=O)c2noc(C)c2COc2cccc(C)c2C)c1C. The molecule has 1 aromatic carbocycles. The minimum Gasteiger partial charge on any atom is -0.488 e. The van der Waals surface area contributed by atoms with Gasteiger partial charge in [-0.1, -0.05) is 17.3 Å². The van der Waals surface area contributed by atoms with Crippen molar-refractivity contribution in [2.75, 3.05) is 7.05 Å². The van der Waals surface area contributed by atoms with Gasteiger partial charge in [0.05, 0.1) is 11.3 Å². The fraction of sp³-hybridized carbons (Fsp3) is 0.435. The summed E-state index contributed by atoms with van der Waals surface area (Å²) in [5.74, 6) is 1.18. The topological polar surface area (TPSA) is 73.4 Å². The third-order valence-electron chi connectivity index (χ3n) is 5.69. The predicted molar refractivity (Wildman–Crippen MR) is 115 cm³/mol. The molecule has 0 saturated heterocycles. The molecule has 0 saturated carbocycles. The number of amides is 1. The monoisotopic (exact) mass is 410 g/mol. The molecule has 0 aliphatic carbocycles. The van der Waals surface area contributed by atoms with Crippen LogP contribution in [0.5, 0.6) is 5.75 Å². The molecule has 0 radical (unpaired) electrons. The Morgan fingerprint density at radius 1 is 1.17 bits per heavy atom. The number of hydrogen-bond donors (Lipinski definition) is 0. The van der Waals surface area contributed by atoms with Gasteiger partial charge in [0, 0.05) is 31.4 Å². The Hall–Kier alpha value is -3.09. The minimum atomic E-state index is -0.200. The first-order chi connectivity index (χ1) is 14.2.